The molecule has 194 valence electrons. The fraction of sp³-hybridized carbons (Fsp3) is 0.310. The molecule has 3 aliphatic heterocycles. The van der Waals surface area contributed by atoms with Gasteiger partial charge in [0.15, 0.2) is 0 Å². The zero-order valence-electron chi connectivity index (χ0n) is 21.1. The molecule has 4 bridgehead atoms. The van der Waals surface area contributed by atoms with Crippen LogP contribution in [0.2, 0.25) is 0 Å². The highest BCUT2D eigenvalue weighted by atomic mass is 16.5. The number of para-hydroxylation sites is 1. The maximum Gasteiger partial charge on any atom is 0.255 e. The van der Waals surface area contributed by atoms with Gasteiger partial charge in [0, 0.05) is 38.1 Å². The van der Waals surface area contributed by atoms with Crippen molar-refractivity contribution in [1.82, 2.24) is 14.8 Å². The first kappa shape index (κ1) is 24.0. The number of nitrogens with one attached hydrogen (secondary N) is 1. The summed E-state index contributed by atoms with van der Waals surface area (Å²) in [6.07, 6.45) is 2.44. The third-order valence-electron chi connectivity index (χ3n) is 7.92. The molecule has 1 fully saturated rings. The van der Waals surface area contributed by atoms with E-state index in [1.165, 1.54) is 18.3 Å². The number of hydrogen-bond donors (Lipinski definition) is 1. The van der Waals surface area contributed by atoms with E-state index in [-0.39, 0.29) is 29.8 Å². The summed E-state index contributed by atoms with van der Waals surface area (Å²) in [6, 6.07) is 17.3. The molecular weight excluding hydrogens is 484 g/mol. The second kappa shape index (κ2) is 9.16. The molecule has 0 saturated carbocycles. The number of pyridine rings is 1. The van der Waals surface area contributed by atoms with E-state index < -0.39 is 11.5 Å². The summed E-state index contributed by atoms with van der Waals surface area (Å²) in [4.78, 5) is 60.6. The van der Waals surface area contributed by atoms with Gasteiger partial charge in [-0.25, -0.2) is 0 Å². The van der Waals surface area contributed by atoms with Gasteiger partial charge in [0.25, 0.3) is 5.91 Å². The molecule has 38 heavy (non-hydrogen) atoms. The Morgan fingerprint density at radius 3 is 2.68 bits per heavy atom. The van der Waals surface area contributed by atoms with E-state index in [0.717, 1.165) is 11.1 Å². The minimum absolute atomic E-state index is 0.0738. The van der Waals surface area contributed by atoms with E-state index in [1.807, 2.05) is 48.5 Å². The Morgan fingerprint density at radius 2 is 1.87 bits per heavy atom. The molecular formula is C29H28N4O5. The van der Waals surface area contributed by atoms with Crippen molar-refractivity contribution in [2.24, 2.45) is 0 Å². The Kier molecular flexibility index (Phi) is 5.78. The molecule has 3 aromatic rings. The Bertz CT molecular complexity index is 1480. The molecule has 4 heterocycles. The Balaban J connectivity index is 1.54. The van der Waals surface area contributed by atoms with Crippen molar-refractivity contribution >= 4 is 23.4 Å². The largest absolute Gasteiger partial charge is 0.494 e. The number of likely N-dealkylation sites (tertiary alicyclic amines) is 1. The summed E-state index contributed by atoms with van der Waals surface area (Å²) in [7, 11) is 1.74. The van der Waals surface area contributed by atoms with Gasteiger partial charge in [0.05, 0.1) is 18.2 Å². The number of rotatable bonds is 1. The lowest BCUT2D eigenvalue weighted by molar-refractivity contribution is -0.131. The van der Waals surface area contributed by atoms with Crippen LogP contribution in [0.1, 0.15) is 40.4 Å². The predicted octanol–water partition coefficient (Wildman–Crippen LogP) is 2.49. The quantitative estimate of drug-likeness (QED) is 0.540. The summed E-state index contributed by atoms with van der Waals surface area (Å²) < 4.78 is 6.01. The van der Waals surface area contributed by atoms with Crippen LogP contribution < -0.4 is 15.2 Å². The van der Waals surface area contributed by atoms with Gasteiger partial charge in [0.1, 0.15) is 17.7 Å². The molecule has 1 spiro atoms. The fourth-order valence-corrected chi connectivity index (χ4v) is 6.08. The van der Waals surface area contributed by atoms with Gasteiger partial charge in [-0.1, -0.05) is 30.3 Å². The third kappa shape index (κ3) is 3.69. The molecule has 0 radical (unpaired) electrons. The number of aromatic amines is 1. The molecule has 2 atom stereocenters. The van der Waals surface area contributed by atoms with Crippen LogP contribution in [0.3, 0.4) is 0 Å². The van der Waals surface area contributed by atoms with Crippen LogP contribution in [0.5, 0.6) is 5.75 Å². The molecule has 1 saturated heterocycles. The highest BCUT2D eigenvalue weighted by molar-refractivity contribution is 6.12. The molecule has 1 aromatic heterocycles. The normalized spacial score (nSPS) is 23.0. The number of carbonyl (C=O) groups excluding carboxylic acids is 3. The lowest BCUT2D eigenvalue weighted by Gasteiger charge is -2.35. The first-order valence-corrected chi connectivity index (χ1v) is 12.8. The van der Waals surface area contributed by atoms with Gasteiger partial charge in [-0.2, -0.15) is 0 Å². The van der Waals surface area contributed by atoms with E-state index in [4.69, 9.17) is 4.74 Å². The number of ether oxygens (including phenoxy) is 1. The van der Waals surface area contributed by atoms with E-state index in [0.29, 0.717) is 49.5 Å². The van der Waals surface area contributed by atoms with Crippen molar-refractivity contribution in [3.05, 3.63) is 93.9 Å². The van der Waals surface area contributed by atoms with Crippen molar-refractivity contribution in [3.8, 4) is 5.75 Å². The van der Waals surface area contributed by atoms with Crippen molar-refractivity contribution < 1.29 is 19.1 Å². The molecule has 6 rings (SSSR count). The standard InChI is InChI=1S/C29H28N4O5/c1-31-13-5-15-38-21-7-4-6-19(16-21)26-29(12-14-32(26)27(36)20-10-11-24(34)30-17-20)22-8-2-3-9-23(22)33(28(29)37)18-25(31)35/h2-4,6-11,16-17,26H,5,12-15,18H2,1H3,(H,30,34)/t26-,29+/m0/s1. The summed E-state index contributed by atoms with van der Waals surface area (Å²) in [5.41, 5.74) is 1.25. The molecule has 9 heteroatoms. The van der Waals surface area contributed by atoms with Crippen LogP contribution in [-0.2, 0) is 15.0 Å². The van der Waals surface area contributed by atoms with Gasteiger partial charge in [-0.3, -0.25) is 19.2 Å². The van der Waals surface area contributed by atoms with Crippen LogP contribution in [0.25, 0.3) is 0 Å². The Labute approximate surface area is 219 Å². The minimum atomic E-state index is -1.07. The molecule has 0 aliphatic carbocycles. The number of carbonyl (C=O) groups is 3. The van der Waals surface area contributed by atoms with Gasteiger partial charge < -0.3 is 24.4 Å². The minimum Gasteiger partial charge on any atom is -0.494 e. The lowest BCUT2D eigenvalue weighted by atomic mass is 9.72. The average Bonchev–Trinajstić information content (AvgIpc) is 3.44. The number of likely N-dealkylation sites (N-methyl/N-ethyl adjacent to an activating group) is 1. The molecule has 0 unspecified atom stereocenters. The van der Waals surface area contributed by atoms with Gasteiger partial charge in [0.2, 0.25) is 17.4 Å². The van der Waals surface area contributed by atoms with E-state index >= 15 is 0 Å². The topological polar surface area (TPSA) is 103 Å². The first-order valence-electron chi connectivity index (χ1n) is 12.8. The average molecular weight is 513 g/mol. The number of nitrogens with zero attached hydrogens (tertiary/aromatic N) is 3. The Hall–Kier alpha value is -4.40. The number of fused-ring (bicyclic) bond motifs is 6. The number of anilines is 1. The number of H-pyrrole nitrogens is 1. The van der Waals surface area contributed by atoms with Gasteiger partial charge in [-0.15, -0.1) is 0 Å². The van der Waals surface area contributed by atoms with Crippen LogP contribution in [0, 0.1) is 0 Å². The monoisotopic (exact) mass is 512 g/mol. The predicted molar refractivity (Wildman–Crippen MR) is 140 cm³/mol. The number of hydrogen-bond acceptors (Lipinski definition) is 5. The zero-order valence-corrected chi connectivity index (χ0v) is 21.1. The van der Waals surface area contributed by atoms with Crippen LogP contribution >= 0.6 is 0 Å². The third-order valence-corrected chi connectivity index (χ3v) is 7.92. The first-order chi connectivity index (χ1) is 18.4. The maximum atomic E-state index is 14.5. The zero-order chi connectivity index (χ0) is 26.4. The van der Waals surface area contributed by atoms with Gasteiger partial charge >= 0.3 is 0 Å². The number of amides is 3. The molecule has 2 aromatic carbocycles. The summed E-state index contributed by atoms with van der Waals surface area (Å²) in [5.74, 6) is 0.0137. The summed E-state index contributed by atoms with van der Waals surface area (Å²) >= 11 is 0. The van der Waals surface area contributed by atoms with Crippen molar-refractivity contribution in [1.29, 1.82) is 0 Å². The smallest absolute Gasteiger partial charge is 0.255 e. The van der Waals surface area contributed by atoms with Crippen LogP contribution in [-0.4, -0.2) is 65.8 Å². The molecule has 3 aliphatic rings. The Morgan fingerprint density at radius 1 is 1.03 bits per heavy atom. The highest BCUT2D eigenvalue weighted by Crippen LogP contribution is 2.57. The van der Waals surface area contributed by atoms with E-state index in [2.05, 4.69) is 4.98 Å². The lowest BCUT2D eigenvalue weighted by Crippen LogP contribution is -2.48. The van der Waals surface area contributed by atoms with Gasteiger partial charge in [-0.05, 0) is 48.2 Å². The second-order valence-electron chi connectivity index (χ2n) is 10.1. The van der Waals surface area contributed by atoms with Crippen LogP contribution in [0.4, 0.5) is 5.69 Å². The van der Waals surface area contributed by atoms with E-state index in [1.54, 1.807) is 21.7 Å². The van der Waals surface area contributed by atoms with Crippen molar-refractivity contribution in [3.63, 3.8) is 0 Å². The highest BCUT2D eigenvalue weighted by Gasteiger charge is 2.61. The second-order valence-corrected chi connectivity index (χ2v) is 10.1. The molecule has 1 N–H and O–H groups in total. The SMILES string of the molecule is CN1CCCOc2cccc(c2)[C@@H]2N(C(=O)c3ccc(=O)[nH]c3)CC[C@]23C(=O)N(CC1=O)c1ccccc13. The number of aromatic nitrogens is 1. The fourth-order valence-electron chi connectivity index (χ4n) is 6.08. The van der Waals surface area contributed by atoms with E-state index in [9.17, 15) is 19.2 Å². The maximum absolute atomic E-state index is 14.5. The summed E-state index contributed by atoms with van der Waals surface area (Å²) in [5, 5.41) is 0. The van der Waals surface area contributed by atoms with Crippen LogP contribution in [0.15, 0.2) is 71.7 Å². The molecule has 3 amide bonds. The van der Waals surface area contributed by atoms with Crippen molar-refractivity contribution in [2.75, 3.05) is 38.2 Å². The van der Waals surface area contributed by atoms with Crippen molar-refractivity contribution in [2.45, 2.75) is 24.3 Å². The number of benzene rings is 2. The summed E-state index contributed by atoms with van der Waals surface area (Å²) in [6.45, 7) is 1.20. The molecule has 9 nitrogen and oxygen atoms in total.